The second-order valence-corrected chi connectivity index (χ2v) is 6.47. The molecule has 0 amide bonds. The van der Waals surface area contributed by atoms with E-state index < -0.39 is 0 Å². The standard InChI is InChI=1S/C15H17ClFN3O/c1-15(2)6-3-7-18-12(15)14-19-13(20-21-14)10-5-4-9(17)8-11(10)16/h4-5,8,12,18H,3,6-7H2,1-2H3. The van der Waals surface area contributed by atoms with Gasteiger partial charge in [0.2, 0.25) is 11.7 Å². The van der Waals surface area contributed by atoms with Crippen LogP contribution in [0.5, 0.6) is 0 Å². The highest BCUT2D eigenvalue weighted by molar-refractivity contribution is 6.33. The number of hydrogen-bond donors (Lipinski definition) is 1. The first kappa shape index (κ1) is 14.5. The summed E-state index contributed by atoms with van der Waals surface area (Å²) < 4.78 is 18.5. The Bertz CT molecular complexity index is 656. The molecule has 3 rings (SSSR count). The lowest BCUT2D eigenvalue weighted by Crippen LogP contribution is -2.39. The molecule has 1 atom stereocenters. The molecule has 4 nitrogen and oxygen atoms in total. The molecule has 1 aliphatic rings. The molecular weight excluding hydrogens is 293 g/mol. The Morgan fingerprint density at radius 2 is 2.24 bits per heavy atom. The topological polar surface area (TPSA) is 51.0 Å². The molecule has 0 radical (unpaired) electrons. The zero-order valence-corrected chi connectivity index (χ0v) is 12.7. The number of nitrogens with zero attached hydrogens (tertiary/aromatic N) is 2. The molecule has 1 N–H and O–H groups in total. The van der Waals surface area contributed by atoms with E-state index in [1.807, 2.05) is 0 Å². The van der Waals surface area contributed by atoms with E-state index in [1.54, 1.807) is 6.07 Å². The van der Waals surface area contributed by atoms with Gasteiger partial charge >= 0.3 is 0 Å². The second-order valence-electron chi connectivity index (χ2n) is 6.06. The van der Waals surface area contributed by atoms with E-state index in [9.17, 15) is 4.39 Å². The molecule has 1 saturated heterocycles. The van der Waals surface area contributed by atoms with E-state index in [0.717, 1.165) is 19.4 Å². The summed E-state index contributed by atoms with van der Waals surface area (Å²) in [6, 6.07) is 4.16. The fourth-order valence-corrected chi connectivity index (χ4v) is 3.02. The molecule has 0 spiro atoms. The number of rotatable bonds is 2. The lowest BCUT2D eigenvalue weighted by molar-refractivity contribution is 0.146. The lowest BCUT2D eigenvalue weighted by Gasteiger charge is -2.36. The maximum Gasteiger partial charge on any atom is 0.244 e. The normalized spacial score (nSPS) is 21.4. The predicted octanol–water partition coefficient (Wildman–Crippen LogP) is 3.98. The molecule has 1 aromatic carbocycles. The van der Waals surface area contributed by atoms with Crippen LogP contribution < -0.4 is 5.32 Å². The van der Waals surface area contributed by atoms with Crippen molar-refractivity contribution in [2.24, 2.45) is 5.41 Å². The van der Waals surface area contributed by atoms with Gasteiger partial charge in [0.15, 0.2) is 0 Å². The van der Waals surface area contributed by atoms with E-state index >= 15 is 0 Å². The molecule has 1 aromatic heterocycles. The van der Waals surface area contributed by atoms with Gasteiger partial charge in [-0.2, -0.15) is 4.98 Å². The molecule has 0 saturated carbocycles. The smallest absolute Gasteiger partial charge is 0.244 e. The van der Waals surface area contributed by atoms with Gasteiger partial charge in [-0.05, 0) is 43.0 Å². The quantitative estimate of drug-likeness (QED) is 0.911. The van der Waals surface area contributed by atoms with Crippen LogP contribution in [0.1, 0.15) is 38.6 Å². The Kier molecular flexibility index (Phi) is 3.71. The van der Waals surface area contributed by atoms with Gasteiger partial charge in [0.05, 0.1) is 11.1 Å². The number of piperidine rings is 1. The number of hydrogen-bond acceptors (Lipinski definition) is 4. The summed E-state index contributed by atoms with van der Waals surface area (Å²) in [6.45, 7) is 5.29. The average Bonchev–Trinajstić information content (AvgIpc) is 2.87. The number of aromatic nitrogens is 2. The third-order valence-electron chi connectivity index (χ3n) is 3.99. The van der Waals surface area contributed by atoms with Crippen molar-refractivity contribution in [1.29, 1.82) is 0 Å². The summed E-state index contributed by atoms with van der Waals surface area (Å²) >= 11 is 6.04. The average molecular weight is 310 g/mol. The number of halogens is 2. The Hall–Kier alpha value is -1.46. The molecule has 0 bridgehead atoms. The van der Waals surface area contributed by atoms with E-state index in [0.29, 0.717) is 17.3 Å². The van der Waals surface area contributed by atoms with Gasteiger partial charge in [-0.15, -0.1) is 0 Å². The van der Waals surface area contributed by atoms with Crippen LogP contribution in [0.2, 0.25) is 5.02 Å². The molecule has 0 aliphatic carbocycles. The molecule has 21 heavy (non-hydrogen) atoms. The first-order valence-corrected chi connectivity index (χ1v) is 7.37. The highest BCUT2D eigenvalue weighted by Gasteiger charge is 2.37. The van der Waals surface area contributed by atoms with Crippen LogP contribution in [0.15, 0.2) is 22.7 Å². The van der Waals surface area contributed by atoms with Crippen LogP contribution in [-0.4, -0.2) is 16.7 Å². The molecule has 1 aliphatic heterocycles. The van der Waals surface area contributed by atoms with Crippen LogP contribution in [0.4, 0.5) is 4.39 Å². The first-order chi connectivity index (χ1) is 9.97. The van der Waals surface area contributed by atoms with Crippen molar-refractivity contribution in [2.45, 2.75) is 32.7 Å². The molecule has 112 valence electrons. The van der Waals surface area contributed by atoms with Gasteiger partial charge in [0, 0.05) is 5.56 Å². The molecule has 6 heteroatoms. The zero-order valence-electron chi connectivity index (χ0n) is 12.0. The van der Waals surface area contributed by atoms with Gasteiger partial charge in [0.25, 0.3) is 0 Å². The predicted molar refractivity (Wildman–Crippen MR) is 78.5 cm³/mol. The maximum absolute atomic E-state index is 13.1. The summed E-state index contributed by atoms with van der Waals surface area (Å²) in [7, 11) is 0. The molecule has 1 fully saturated rings. The Morgan fingerprint density at radius 1 is 1.43 bits per heavy atom. The third kappa shape index (κ3) is 2.80. The van der Waals surface area contributed by atoms with Crippen molar-refractivity contribution in [3.8, 4) is 11.4 Å². The van der Waals surface area contributed by atoms with Crippen LogP contribution in [0.25, 0.3) is 11.4 Å². The van der Waals surface area contributed by atoms with Gasteiger partial charge < -0.3 is 9.84 Å². The number of nitrogens with one attached hydrogen (secondary N) is 1. The Balaban J connectivity index is 1.93. The van der Waals surface area contributed by atoms with E-state index in [2.05, 4.69) is 29.3 Å². The first-order valence-electron chi connectivity index (χ1n) is 7.00. The minimum absolute atomic E-state index is 0.0201. The SMILES string of the molecule is CC1(C)CCCNC1c1nc(-c2ccc(F)cc2Cl)no1. The highest BCUT2D eigenvalue weighted by atomic mass is 35.5. The van der Waals surface area contributed by atoms with Gasteiger partial charge in [-0.1, -0.05) is 30.6 Å². The van der Waals surface area contributed by atoms with E-state index in [-0.39, 0.29) is 22.3 Å². The van der Waals surface area contributed by atoms with Crippen molar-refractivity contribution in [2.75, 3.05) is 6.54 Å². The number of benzene rings is 1. The van der Waals surface area contributed by atoms with Crippen molar-refractivity contribution >= 4 is 11.6 Å². The monoisotopic (exact) mass is 309 g/mol. The summed E-state index contributed by atoms with van der Waals surface area (Å²) in [6.07, 6.45) is 2.23. The fourth-order valence-electron chi connectivity index (χ4n) is 2.77. The highest BCUT2D eigenvalue weighted by Crippen LogP contribution is 2.40. The largest absolute Gasteiger partial charge is 0.337 e. The van der Waals surface area contributed by atoms with Crippen molar-refractivity contribution < 1.29 is 8.91 Å². The van der Waals surface area contributed by atoms with Crippen molar-refractivity contribution in [1.82, 2.24) is 15.5 Å². The van der Waals surface area contributed by atoms with Gasteiger partial charge in [-0.25, -0.2) is 4.39 Å². The summed E-state index contributed by atoms with van der Waals surface area (Å²) in [5, 5.41) is 7.69. The van der Waals surface area contributed by atoms with E-state index in [4.69, 9.17) is 16.1 Å². The Morgan fingerprint density at radius 3 is 2.95 bits per heavy atom. The summed E-state index contributed by atoms with van der Waals surface area (Å²) in [5.41, 5.74) is 0.621. The zero-order chi connectivity index (χ0) is 15.0. The lowest BCUT2D eigenvalue weighted by atomic mass is 9.77. The van der Waals surface area contributed by atoms with Crippen LogP contribution in [0, 0.1) is 11.2 Å². The maximum atomic E-state index is 13.1. The summed E-state index contributed by atoms with van der Waals surface area (Å²) in [4.78, 5) is 4.44. The minimum atomic E-state index is -0.387. The van der Waals surface area contributed by atoms with Crippen LogP contribution in [0.3, 0.4) is 0 Å². The van der Waals surface area contributed by atoms with Crippen LogP contribution >= 0.6 is 11.6 Å². The van der Waals surface area contributed by atoms with Gasteiger partial charge in [-0.3, -0.25) is 0 Å². The Labute approximate surface area is 127 Å². The minimum Gasteiger partial charge on any atom is -0.337 e. The fraction of sp³-hybridized carbons (Fsp3) is 0.467. The molecular formula is C15H17ClFN3O. The van der Waals surface area contributed by atoms with Gasteiger partial charge in [0.1, 0.15) is 5.82 Å². The molecule has 1 unspecified atom stereocenters. The summed E-state index contributed by atoms with van der Waals surface area (Å²) in [5.74, 6) is 0.552. The van der Waals surface area contributed by atoms with E-state index in [1.165, 1.54) is 12.1 Å². The van der Waals surface area contributed by atoms with Crippen molar-refractivity contribution in [3.63, 3.8) is 0 Å². The van der Waals surface area contributed by atoms with Crippen molar-refractivity contribution in [3.05, 3.63) is 34.9 Å². The van der Waals surface area contributed by atoms with Crippen LogP contribution in [-0.2, 0) is 0 Å². The second kappa shape index (κ2) is 5.39. The molecule has 2 aromatic rings. The third-order valence-corrected chi connectivity index (χ3v) is 4.30. The molecule has 2 heterocycles.